The number of rotatable bonds is 3. The predicted molar refractivity (Wildman–Crippen MR) is 83.4 cm³/mol. The van der Waals surface area contributed by atoms with Crippen LogP contribution in [0, 0.1) is 0 Å². The topological polar surface area (TPSA) is 89.3 Å². The van der Waals surface area contributed by atoms with E-state index in [0.29, 0.717) is 0 Å². The highest BCUT2D eigenvalue weighted by Gasteiger charge is 2.18. The van der Waals surface area contributed by atoms with Crippen molar-refractivity contribution in [3.63, 3.8) is 0 Å². The van der Waals surface area contributed by atoms with Gasteiger partial charge in [0.05, 0.1) is 21.2 Å². The molecule has 3 N–H and O–H groups in total. The Hall–Kier alpha value is -2.05. The second kappa shape index (κ2) is 5.75. The minimum Gasteiger partial charge on any atom is -0.398 e. The first-order valence-corrected chi connectivity index (χ1v) is 8.22. The van der Waals surface area contributed by atoms with E-state index in [9.17, 15) is 13.2 Å². The summed E-state index contributed by atoms with van der Waals surface area (Å²) in [6.45, 7) is 0. The van der Waals surface area contributed by atoms with Crippen LogP contribution in [-0.2, 0) is 9.84 Å². The Morgan fingerprint density at radius 3 is 2.43 bits per heavy atom. The lowest BCUT2D eigenvalue weighted by Crippen LogP contribution is -2.16. The number of hydrogen-bond acceptors (Lipinski definition) is 4. The van der Waals surface area contributed by atoms with E-state index in [0.717, 1.165) is 6.26 Å². The number of amides is 1. The van der Waals surface area contributed by atoms with Gasteiger partial charge in [0.2, 0.25) is 0 Å². The van der Waals surface area contributed by atoms with Gasteiger partial charge in [-0.1, -0.05) is 29.8 Å². The van der Waals surface area contributed by atoms with E-state index in [4.69, 9.17) is 17.3 Å². The molecule has 0 heterocycles. The highest BCUT2D eigenvalue weighted by Crippen LogP contribution is 2.25. The summed E-state index contributed by atoms with van der Waals surface area (Å²) in [6, 6.07) is 10.8. The molecule has 0 aromatic heterocycles. The second-order valence-electron chi connectivity index (χ2n) is 4.43. The summed E-state index contributed by atoms with van der Waals surface area (Å²) >= 11 is 5.96. The number of carbonyl (C=O) groups is 1. The largest absolute Gasteiger partial charge is 0.398 e. The molecule has 1 amide bonds. The molecule has 5 nitrogen and oxygen atoms in total. The molecule has 21 heavy (non-hydrogen) atoms. The number of anilines is 2. The lowest BCUT2D eigenvalue weighted by atomic mass is 10.1. The van der Waals surface area contributed by atoms with Crippen LogP contribution in [0.25, 0.3) is 0 Å². The number of nitrogen functional groups attached to an aromatic ring is 1. The van der Waals surface area contributed by atoms with Gasteiger partial charge in [-0.25, -0.2) is 8.42 Å². The minimum atomic E-state index is -3.46. The fourth-order valence-corrected chi connectivity index (χ4v) is 2.97. The van der Waals surface area contributed by atoms with Crippen molar-refractivity contribution in [2.45, 2.75) is 4.90 Å². The molecule has 0 saturated carbocycles. The van der Waals surface area contributed by atoms with Gasteiger partial charge in [-0.15, -0.1) is 0 Å². The molecular weight excluding hydrogens is 312 g/mol. The van der Waals surface area contributed by atoms with Gasteiger partial charge in [0, 0.05) is 11.9 Å². The maximum Gasteiger partial charge on any atom is 0.259 e. The lowest BCUT2D eigenvalue weighted by Gasteiger charge is -2.11. The van der Waals surface area contributed by atoms with E-state index in [2.05, 4.69) is 5.32 Å². The summed E-state index contributed by atoms with van der Waals surface area (Å²) in [6.07, 6.45) is 1.07. The van der Waals surface area contributed by atoms with Gasteiger partial charge in [-0.05, 0) is 24.3 Å². The average Bonchev–Trinajstić information content (AvgIpc) is 2.37. The Bertz CT molecular complexity index is 783. The fourth-order valence-electron chi connectivity index (χ4n) is 1.86. The van der Waals surface area contributed by atoms with E-state index in [1.807, 2.05) is 0 Å². The van der Waals surface area contributed by atoms with E-state index in [1.54, 1.807) is 24.3 Å². The molecule has 0 aliphatic rings. The van der Waals surface area contributed by atoms with E-state index >= 15 is 0 Å². The number of para-hydroxylation sites is 1. The van der Waals surface area contributed by atoms with Crippen molar-refractivity contribution in [2.75, 3.05) is 17.3 Å². The Morgan fingerprint density at radius 2 is 1.81 bits per heavy atom. The SMILES string of the molecule is CS(=O)(=O)c1ccccc1NC(=O)c1c(N)cccc1Cl. The van der Waals surface area contributed by atoms with Crippen molar-refractivity contribution in [1.82, 2.24) is 0 Å². The number of sulfone groups is 1. The Labute approximate surface area is 127 Å². The molecule has 0 spiro atoms. The maximum atomic E-state index is 12.3. The third-order valence-electron chi connectivity index (χ3n) is 2.81. The molecule has 0 aliphatic carbocycles. The summed E-state index contributed by atoms with van der Waals surface area (Å²) in [7, 11) is -3.46. The van der Waals surface area contributed by atoms with Gasteiger partial charge < -0.3 is 11.1 Å². The Kier molecular flexibility index (Phi) is 4.20. The summed E-state index contributed by atoms with van der Waals surface area (Å²) < 4.78 is 23.4. The standard InChI is InChI=1S/C14H13ClN2O3S/c1-21(19,20)12-8-3-2-7-11(12)17-14(18)13-9(15)5-4-6-10(13)16/h2-8H,16H2,1H3,(H,17,18). The molecule has 0 aliphatic heterocycles. The van der Waals surface area contributed by atoms with Gasteiger partial charge in [-0.2, -0.15) is 0 Å². The van der Waals surface area contributed by atoms with Crippen molar-refractivity contribution in [3.05, 3.63) is 53.1 Å². The molecule has 2 aromatic rings. The first kappa shape index (κ1) is 15.3. The van der Waals surface area contributed by atoms with Crippen molar-refractivity contribution in [3.8, 4) is 0 Å². The van der Waals surface area contributed by atoms with E-state index in [-0.39, 0.29) is 26.9 Å². The van der Waals surface area contributed by atoms with Crippen molar-refractivity contribution in [1.29, 1.82) is 0 Å². The van der Waals surface area contributed by atoms with Gasteiger partial charge in [-0.3, -0.25) is 4.79 Å². The van der Waals surface area contributed by atoms with Crippen LogP contribution in [0.4, 0.5) is 11.4 Å². The normalized spacial score (nSPS) is 11.1. The Morgan fingerprint density at radius 1 is 1.14 bits per heavy atom. The molecule has 0 unspecified atom stereocenters. The number of nitrogens with one attached hydrogen (secondary N) is 1. The zero-order chi connectivity index (χ0) is 15.6. The third-order valence-corrected chi connectivity index (χ3v) is 4.28. The molecule has 2 rings (SSSR count). The van der Waals surface area contributed by atoms with Crippen LogP contribution in [0.3, 0.4) is 0 Å². The third kappa shape index (κ3) is 3.34. The summed E-state index contributed by atoms with van der Waals surface area (Å²) in [4.78, 5) is 12.3. The van der Waals surface area contributed by atoms with Gasteiger partial charge in [0.15, 0.2) is 9.84 Å². The number of benzene rings is 2. The second-order valence-corrected chi connectivity index (χ2v) is 6.82. The minimum absolute atomic E-state index is 0.0315. The predicted octanol–water partition coefficient (Wildman–Crippen LogP) is 2.58. The number of halogens is 1. The monoisotopic (exact) mass is 324 g/mol. The molecule has 110 valence electrons. The van der Waals surface area contributed by atoms with Crippen LogP contribution in [0.1, 0.15) is 10.4 Å². The zero-order valence-corrected chi connectivity index (χ0v) is 12.7. The van der Waals surface area contributed by atoms with Crippen LogP contribution in [0.15, 0.2) is 47.4 Å². The highest BCUT2D eigenvalue weighted by molar-refractivity contribution is 7.90. The van der Waals surface area contributed by atoms with Crippen molar-refractivity contribution in [2.24, 2.45) is 0 Å². The molecule has 0 bridgehead atoms. The van der Waals surface area contributed by atoms with Crippen LogP contribution in [0.2, 0.25) is 5.02 Å². The average molecular weight is 325 g/mol. The van der Waals surface area contributed by atoms with Crippen LogP contribution in [0.5, 0.6) is 0 Å². The van der Waals surface area contributed by atoms with Crippen LogP contribution < -0.4 is 11.1 Å². The lowest BCUT2D eigenvalue weighted by molar-refractivity contribution is 0.102. The summed E-state index contributed by atoms with van der Waals surface area (Å²) in [5.74, 6) is -0.561. The quantitative estimate of drug-likeness (QED) is 0.849. The molecule has 7 heteroatoms. The number of carbonyl (C=O) groups excluding carboxylic acids is 1. The summed E-state index contributed by atoms with van der Waals surface area (Å²) in [5, 5.41) is 2.73. The summed E-state index contributed by atoms with van der Waals surface area (Å²) in [5.41, 5.74) is 6.25. The first-order chi connectivity index (χ1) is 9.80. The smallest absolute Gasteiger partial charge is 0.259 e. The van der Waals surface area contributed by atoms with Gasteiger partial charge in [0.25, 0.3) is 5.91 Å². The number of hydrogen-bond donors (Lipinski definition) is 2. The van der Waals surface area contributed by atoms with Crippen LogP contribution in [-0.4, -0.2) is 20.6 Å². The zero-order valence-electron chi connectivity index (χ0n) is 11.1. The molecular formula is C14H13ClN2O3S. The maximum absolute atomic E-state index is 12.3. The van der Waals surface area contributed by atoms with E-state index in [1.165, 1.54) is 18.2 Å². The molecule has 0 atom stereocenters. The molecule has 0 radical (unpaired) electrons. The fraction of sp³-hybridized carbons (Fsp3) is 0.0714. The number of nitrogens with two attached hydrogens (primary N) is 1. The molecule has 0 saturated heterocycles. The first-order valence-electron chi connectivity index (χ1n) is 5.95. The molecule has 2 aromatic carbocycles. The van der Waals surface area contributed by atoms with E-state index < -0.39 is 15.7 Å². The van der Waals surface area contributed by atoms with Gasteiger partial charge in [0.1, 0.15) is 0 Å². The van der Waals surface area contributed by atoms with Crippen molar-refractivity contribution < 1.29 is 13.2 Å². The molecule has 0 fully saturated rings. The van der Waals surface area contributed by atoms with Crippen molar-refractivity contribution >= 4 is 38.7 Å². The van der Waals surface area contributed by atoms with Gasteiger partial charge >= 0.3 is 0 Å². The van der Waals surface area contributed by atoms with Crippen LogP contribution >= 0.6 is 11.6 Å². The Balaban J connectivity index is 2.42. The highest BCUT2D eigenvalue weighted by atomic mass is 35.5.